The first-order chi connectivity index (χ1) is 7.72. The van der Waals surface area contributed by atoms with E-state index in [9.17, 15) is 4.79 Å². The van der Waals surface area contributed by atoms with Gasteiger partial charge in [-0.25, -0.2) is 4.98 Å². The molecule has 0 fully saturated rings. The third-order valence-electron chi connectivity index (χ3n) is 2.75. The highest BCUT2D eigenvalue weighted by molar-refractivity contribution is 5.74. The van der Waals surface area contributed by atoms with Gasteiger partial charge in [0.2, 0.25) is 0 Å². The van der Waals surface area contributed by atoms with E-state index in [2.05, 4.69) is 16.9 Å². The monoisotopic (exact) mass is 219 g/mol. The number of unbranched alkanes of at least 4 members (excludes halogenated alkanes) is 2. The summed E-state index contributed by atoms with van der Waals surface area (Å²) in [5.74, 6) is 0. The molecular weight excluding hydrogens is 202 g/mol. The predicted molar refractivity (Wildman–Crippen MR) is 64.6 cm³/mol. The normalized spacial score (nSPS) is 11.1. The van der Waals surface area contributed by atoms with Gasteiger partial charge in [0, 0.05) is 12.2 Å². The largest absolute Gasteiger partial charge is 0.343 e. The van der Waals surface area contributed by atoms with E-state index in [0.29, 0.717) is 11.0 Å². The molecule has 0 unspecified atom stereocenters. The van der Waals surface area contributed by atoms with E-state index >= 15 is 0 Å². The number of rotatable bonds is 4. The van der Waals surface area contributed by atoms with Gasteiger partial charge in [-0.1, -0.05) is 19.8 Å². The van der Waals surface area contributed by atoms with Crippen molar-refractivity contribution in [3.63, 3.8) is 0 Å². The molecule has 4 heteroatoms. The molecule has 0 spiro atoms. The molecule has 0 amide bonds. The maximum atomic E-state index is 12.0. The van der Waals surface area contributed by atoms with Crippen molar-refractivity contribution in [2.75, 3.05) is 0 Å². The maximum Gasteiger partial charge on any atom is 0.262 e. The Bertz CT molecular complexity index is 539. The molecule has 0 bridgehead atoms. The summed E-state index contributed by atoms with van der Waals surface area (Å²) in [6.07, 6.45) is 4.98. The standard InChI is InChI=1S/C12H17N3O/c1-3-4-5-6-15-8-13-11-10(12(15)16)7-9(2)14-11/h7-8,14H,3-6H2,1-2H3. The molecule has 4 nitrogen and oxygen atoms in total. The van der Waals surface area contributed by atoms with Gasteiger partial charge in [-0.05, 0) is 19.4 Å². The van der Waals surface area contributed by atoms with Gasteiger partial charge in [-0.2, -0.15) is 0 Å². The molecule has 0 aliphatic carbocycles. The quantitative estimate of drug-likeness (QED) is 0.801. The Hall–Kier alpha value is -1.58. The van der Waals surface area contributed by atoms with Gasteiger partial charge in [-0.15, -0.1) is 0 Å². The number of aromatic amines is 1. The zero-order chi connectivity index (χ0) is 11.5. The van der Waals surface area contributed by atoms with Crippen LogP contribution in [0.2, 0.25) is 0 Å². The Balaban J connectivity index is 2.33. The second-order valence-electron chi connectivity index (χ2n) is 4.16. The van der Waals surface area contributed by atoms with Crippen LogP contribution in [0, 0.1) is 6.92 Å². The highest BCUT2D eigenvalue weighted by Gasteiger charge is 2.05. The molecule has 0 aromatic carbocycles. The first-order valence-electron chi connectivity index (χ1n) is 5.77. The number of fused-ring (bicyclic) bond motifs is 1. The first-order valence-corrected chi connectivity index (χ1v) is 5.77. The molecule has 86 valence electrons. The SMILES string of the molecule is CCCCCn1cnc2[nH]c(C)cc2c1=O. The fourth-order valence-corrected chi connectivity index (χ4v) is 1.87. The Morgan fingerprint density at radius 2 is 2.25 bits per heavy atom. The Morgan fingerprint density at radius 1 is 1.44 bits per heavy atom. The lowest BCUT2D eigenvalue weighted by Crippen LogP contribution is -2.20. The van der Waals surface area contributed by atoms with E-state index < -0.39 is 0 Å². The summed E-state index contributed by atoms with van der Waals surface area (Å²) in [7, 11) is 0. The van der Waals surface area contributed by atoms with Crippen molar-refractivity contribution >= 4 is 11.0 Å². The van der Waals surface area contributed by atoms with Crippen molar-refractivity contribution in [1.29, 1.82) is 0 Å². The predicted octanol–water partition coefficient (Wildman–Crippen LogP) is 2.22. The molecule has 2 aromatic heterocycles. The molecule has 0 aliphatic rings. The van der Waals surface area contributed by atoms with Gasteiger partial charge < -0.3 is 4.98 Å². The van der Waals surface area contributed by atoms with E-state index in [-0.39, 0.29) is 5.56 Å². The minimum Gasteiger partial charge on any atom is -0.343 e. The van der Waals surface area contributed by atoms with Gasteiger partial charge in [-0.3, -0.25) is 9.36 Å². The van der Waals surface area contributed by atoms with Gasteiger partial charge in [0.1, 0.15) is 5.65 Å². The minimum absolute atomic E-state index is 0.0606. The number of hydrogen-bond acceptors (Lipinski definition) is 2. The third kappa shape index (κ3) is 2.01. The number of aryl methyl sites for hydroxylation is 2. The van der Waals surface area contributed by atoms with Gasteiger partial charge >= 0.3 is 0 Å². The van der Waals surface area contributed by atoms with Crippen LogP contribution in [0.15, 0.2) is 17.2 Å². The molecule has 0 atom stereocenters. The number of H-pyrrole nitrogens is 1. The molecule has 2 aromatic rings. The lowest BCUT2D eigenvalue weighted by molar-refractivity contribution is 0.584. The van der Waals surface area contributed by atoms with E-state index in [1.54, 1.807) is 10.9 Å². The lowest BCUT2D eigenvalue weighted by Gasteiger charge is -2.03. The minimum atomic E-state index is 0.0606. The maximum absolute atomic E-state index is 12.0. The number of nitrogens with zero attached hydrogens (tertiary/aromatic N) is 2. The van der Waals surface area contributed by atoms with Crippen molar-refractivity contribution in [3.05, 3.63) is 28.4 Å². The molecule has 16 heavy (non-hydrogen) atoms. The van der Waals surface area contributed by atoms with Crippen molar-refractivity contribution in [2.24, 2.45) is 0 Å². The molecule has 0 radical (unpaired) electrons. The Kier molecular flexibility index (Phi) is 3.08. The summed E-state index contributed by atoms with van der Waals surface area (Å²) in [5, 5.41) is 0.691. The summed E-state index contributed by atoms with van der Waals surface area (Å²) in [6.45, 7) is 4.85. The summed E-state index contributed by atoms with van der Waals surface area (Å²) in [6, 6.07) is 1.86. The van der Waals surface area contributed by atoms with Crippen molar-refractivity contribution in [1.82, 2.24) is 14.5 Å². The topological polar surface area (TPSA) is 50.7 Å². The van der Waals surface area contributed by atoms with E-state index in [1.807, 2.05) is 13.0 Å². The number of aromatic nitrogens is 3. The van der Waals surface area contributed by atoms with Crippen molar-refractivity contribution < 1.29 is 0 Å². The van der Waals surface area contributed by atoms with Crippen LogP contribution in [0.3, 0.4) is 0 Å². The second-order valence-corrected chi connectivity index (χ2v) is 4.16. The summed E-state index contributed by atoms with van der Waals surface area (Å²) < 4.78 is 1.70. The van der Waals surface area contributed by atoms with Crippen LogP contribution in [-0.2, 0) is 6.54 Å². The van der Waals surface area contributed by atoms with Crippen LogP contribution in [0.5, 0.6) is 0 Å². The fourth-order valence-electron chi connectivity index (χ4n) is 1.87. The van der Waals surface area contributed by atoms with Crippen LogP contribution in [0.25, 0.3) is 11.0 Å². The van der Waals surface area contributed by atoms with Crippen LogP contribution in [0.1, 0.15) is 31.9 Å². The second kappa shape index (κ2) is 4.51. The number of nitrogens with one attached hydrogen (secondary N) is 1. The average Bonchev–Trinajstić information content (AvgIpc) is 2.64. The fraction of sp³-hybridized carbons (Fsp3) is 0.500. The van der Waals surface area contributed by atoms with Gasteiger partial charge in [0.25, 0.3) is 5.56 Å². The Labute approximate surface area is 94.3 Å². The highest BCUT2D eigenvalue weighted by atomic mass is 16.1. The van der Waals surface area contributed by atoms with E-state index in [4.69, 9.17) is 0 Å². The zero-order valence-corrected chi connectivity index (χ0v) is 9.79. The molecule has 0 saturated heterocycles. The van der Waals surface area contributed by atoms with E-state index in [0.717, 1.165) is 31.5 Å². The molecule has 2 rings (SSSR count). The van der Waals surface area contributed by atoms with Crippen LogP contribution in [-0.4, -0.2) is 14.5 Å². The van der Waals surface area contributed by atoms with Gasteiger partial charge in [0.15, 0.2) is 0 Å². The van der Waals surface area contributed by atoms with Crippen LogP contribution < -0.4 is 5.56 Å². The molecular formula is C12H17N3O. The average molecular weight is 219 g/mol. The molecule has 0 aliphatic heterocycles. The van der Waals surface area contributed by atoms with Crippen molar-refractivity contribution in [3.8, 4) is 0 Å². The summed E-state index contributed by atoms with van der Waals surface area (Å²) in [4.78, 5) is 19.4. The van der Waals surface area contributed by atoms with Crippen molar-refractivity contribution in [2.45, 2.75) is 39.7 Å². The molecule has 1 N–H and O–H groups in total. The third-order valence-corrected chi connectivity index (χ3v) is 2.75. The lowest BCUT2D eigenvalue weighted by atomic mass is 10.2. The Morgan fingerprint density at radius 3 is 3.00 bits per heavy atom. The molecule has 2 heterocycles. The summed E-state index contributed by atoms with van der Waals surface area (Å²) >= 11 is 0. The number of hydrogen-bond donors (Lipinski definition) is 1. The molecule has 0 saturated carbocycles. The first kappa shape index (κ1) is 10.9. The smallest absolute Gasteiger partial charge is 0.262 e. The highest BCUT2D eigenvalue weighted by Crippen LogP contribution is 2.07. The van der Waals surface area contributed by atoms with Gasteiger partial charge in [0.05, 0.1) is 11.7 Å². The van der Waals surface area contributed by atoms with Crippen LogP contribution in [0.4, 0.5) is 0 Å². The zero-order valence-electron chi connectivity index (χ0n) is 9.79. The van der Waals surface area contributed by atoms with Crippen LogP contribution >= 0.6 is 0 Å². The van der Waals surface area contributed by atoms with E-state index in [1.165, 1.54) is 0 Å². The summed E-state index contributed by atoms with van der Waals surface area (Å²) in [5.41, 5.74) is 1.73.